The predicted octanol–water partition coefficient (Wildman–Crippen LogP) is 3.45. The van der Waals surface area contributed by atoms with E-state index in [1.54, 1.807) is 6.20 Å². The molecular weight excluding hydrogens is 336 g/mol. The van der Waals surface area contributed by atoms with Crippen molar-refractivity contribution in [1.29, 1.82) is 0 Å². The third-order valence-electron chi connectivity index (χ3n) is 2.40. The van der Waals surface area contributed by atoms with E-state index in [9.17, 15) is 0 Å². The van der Waals surface area contributed by atoms with Crippen LogP contribution in [0.15, 0.2) is 21.2 Å². The van der Waals surface area contributed by atoms with Gasteiger partial charge in [0, 0.05) is 23.8 Å². The summed E-state index contributed by atoms with van der Waals surface area (Å²) in [6, 6.07) is 1.97. The van der Waals surface area contributed by atoms with Crippen LogP contribution in [0.25, 0.3) is 0 Å². The van der Waals surface area contributed by atoms with Crippen molar-refractivity contribution in [3.63, 3.8) is 0 Å². The van der Waals surface area contributed by atoms with E-state index in [4.69, 9.17) is 4.74 Å². The van der Waals surface area contributed by atoms with Gasteiger partial charge in [-0.25, -0.2) is 4.98 Å². The zero-order valence-corrected chi connectivity index (χ0v) is 12.1. The topological polar surface area (TPSA) is 34.2 Å². The Labute approximate surface area is 112 Å². The zero-order valence-electron chi connectivity index (χ0n) is 8.88. The standard InChI is InChI=1S/C11H14Br2N2O/c12-9-5-10(13)11(15-6-9)14-3-4-16-7-8-1-2-8/h5-6,8H,1-4,7H2,(H,14,15). The van der Waals surface area contributed by atoms with Crippen molar-refractivity contribution in [2.24, 2.45) is 5.92 Å². The summed E-state index contributed by atoms with van der Waals surface area (Å²) in [6.45, 7) is 2.44. The van der Waals surface area contributed by atoms with Crippen molar-refractivity contribution in [2.75, 3.05) is 25.1 Å². The molecule has 0 saturated heterocycles. The number of halogens is 2. The quantitative estimate of drug-likeness (QED) is 0.799. The van der Waals surface area contributed by atoms with Crippen molar-refractivity contribution in [1.82, 2.24) is 4.98 Å². The predicted molar refractivity (Wildman–Crippen MR) is 71.7 cm³/mol. The van der Waals surface area contributed by atoms with Crippen molar-refractivity contribution < 1.29 is 4.74 Å². The summed E-state index contributed by atoms with van der Waals surface area (Å²) >= 11 is 6.82. The van der Waals surface area contributed by atoms with Gasteiger partial charge in [0.05, 0.1) is 11.1 Å². The molecule has 0 radical (unpaired) electrons. The molecule has 0 bridgehead atoms. The van der Waals surface area contributed by atoms with Crippen LogP contribution in [0.4, 0.5) is 5.82 Å². The van der Waals surface area contributed by atoms with Crippen LogP contribution in [0, 0.1) is 5.92 Å². The van der Waals surface area contributed by atoms with Crippen LogP contribution in [0.3, 0.4) is 0 Å². The zero-order chi connectivity index (χ0) is 11.4. The molecule has 0 atom stereocenters. The Balaban J connectivity index is 1.67. The normalized spacial score (nSPS) is 15.1. The molecule has 0 amide bonds. The average molecular weight is 350 g/mol. The Bertz CT molecular complexity index is 356. The fraction of sp³-hybridized carbons (Fsp3) is 0.545. The van der Waals surface area contributed by atoms with Gasteiger partial charge in [-0.2, -0.15) is 0 Å². The fourth-order valence-electron chi connectivity index (χ4n) is 1.32. The summed E-state index contributed by atoms with van der Waals surface area (Å²) in [5, 5.41) is 3.23. The molecule has 88 valence electrons. The lowest BCUT2D eigenvalue weighted by Crippen LogP contribution is -2.11. The number of rotatable bonds is 6. The highest BCUT2D eigenvalue weighted by Crippen LogP contribution is 2.28. The molecule has 0 spiro atoms. The number of hydrogen-bond acceptors (Lipinski definition) is 3. The Morgan fingerprint density at radius 1 is 1.44 bits per heavy atom. The Morgan fingerprint density at radius 2 is 2.25 bits per heavy atom. The molecule has 1 saturated carbocycles. The number of nitrogens with zero attached hydrogens (tertiary/aromatic N) is 1. The maximum absolute atomic E-state index is 5.53. The van der Waals surface area contributed by atoms with E-state index in [1.165, 1.54) is 12.8 Å². The third kappa shape index (κ3) is 4.03. The van der Waals surface area contributed by atoms with Gasteiger partial charge in [-0.3, -0.25) is 0 Å². The summed E-state index contributed by atoms with van der Waals surface area (Å²) in [5.74, 6) is 1.69. The first-order valence-electron chi connectivity index (χ1n) is 5.38. The van der Waals surface area contributed by atoms with Crippen LogP contribution < -0.4 is 5.32 Å². The number of anilines is 1. The maximum Gasteiger partial charge on any atom is 0.140 e. The Kier molecular flexibility index (Phi) is 4.61. The summed E-state index contributed by atoms with van der Waals surface area (Å²) in [5.41, 5.74) is 0. The van der Waals surface area contributed by atoms with E-state index in [-0.39, 0.29) is 0 Å². The van der Waals surface area contributed by atoms with Gasteiger partial charge in [-0.05, 0) is 56.7 Å². The maximum atomic E-state index is 5.53. The monoisotopic (exact) mass is 348 g/mol. The molecule has 1 fully saturated rings. The van der Waals surface area contributed by atoms with Crippen LogP contribution in [-0.4, -0.2) is 24.7 Å². The average Bonchev–Trinajstić information content (AvgIpc) is 3.04. The molecule has 16 heavy (non-hydrogen) atoms. The summed E-state index contributed by atoms with van der Waals surface area (Å²) in [7, 11) is 0. The molecule has 3 nitrogen and oxygen atoms in total. The molecule has 5 heteroatoms. The summed E-state index contributed by atoms with van der Waals surface area (Å²) in [4.78, 5) is 4.26. The van der Waals surface area contributed by atoms with Gasteiger partial charge in [0.2, 0.25) is 0 Å². The molecule has 1 aliphatic rings. The number of pyridine rings is 1. The molecule has 1 aliphatic carbocycles. The van der Waals surface area contributed by atoms with E-state index < -0.39 is 0 Å². The van der Waals surface area contributed by atoms with Gasteiger partial charge in [0.15, 0.2) is 0 Å². The van der Waals surface area contributed by atoms with Crippen molar-refractivity contribution in [2.45, 2.75) is 12.8 Å². The van der Waals surface area contributed by atoms with Gasteiger partial charge >= 0.3 is 0 Å². The molecule has 0 unspecified atom stereocenters. The van der Waals surface area contributed by atoms with Gasteiger partial charge in [-0.15, -0.1) is 0 Å². The Morgan fingerprint density at radius 3 is 2.94 bits per heavy atom. The lowest BCUT2D eigenvalue weighted by molar-refractivity contribution is 0.134. The summed E-state index contributed by atoms with van der Waals surface area (Å²) in [6.07, 6.45) is 4.46. The molecule has 1 aromatic rings. The molecule has 0 aliphatic heterocycles. The molecular formula is C11H14Br2N2O. The second-order valence-corrected chi connectivity index (χ2v) is 5.70. The third-order valence-corrected chi connectivity index (χ3v) is 3.44. The first kappa shape index (κ1) is 12.3. The lowest BCUT2D eigenvalue weighted by Gasteiger charge is -2.08. The Hall–Kier alpha value is -0.130. The first-order valence-corrected chi connectivity index (χ1v) is 6.97. The van der Waals surface area contributed by atoms with E-state index in [0.717, 1.165) is 40.4 Å². The SMILES string of the molecule is Brc1cnc(NCCOCC2CC2)c(Br)c1. The van der Waals surface area contributed by atoms with E-state index >= 15 is 0 Å². The summed E-state index contributed by atoms with van der Waals surface area (Å²) < 4.78 is 7.46. The van der Waals surface area contributed by atoms with Crippen molar-refractivity contribution in [3.8, 4) is 0 Å². The molecule has 1 N–H and O–H groups in total. The van der Waals surface area contributed by atoms with Crippen LogP contribution in [0.5, 0.6) is 0 Å². The second-order valence-electron chi connectivity index (χ2n) is 3.93. The number of hydrogen-bond donors (Lipinski definition) is 1. The molecule has 2 rings (SSSR count). The molecule has 1 heterocycles. The minimum atomic E-state index is 0.737. The van der Waals surface area contributed by atoms with Crippen LogP contribution in [0.2, 0.25) is 0 Å². The van der Waals surface area contributed by atoms with Gasteiger partial charge in [0.1, 0.15) is 5.82 Å². The van der Waals surface area contributed by atoms with E-state index in [1.807, 2.05) is 6.07 Å². The van der Waals surface area contributed by atoms with Crippen LogP contribution in [-0.2, 0) is 4.74 Å². The largest absolute Gasteiger partial charge is 0.379 e. The number of ether oxygens (including phenoxy) is 1. The highest BCUT2D eigenvalue weighted by Gasteiger charge is 2.20. The highest BCUT2D eigenvalue weighted by molar-refractivity contribution is 9.11. The highest BCUT2D eigenvalue weighted by atomic mass is 79.9. The van der Waals surface area contributed by atoms with Gasteiger partial charge in [-0.1, -0.05) is 0 Å². The van der Waals surface area contributed by atoms with E-state index in [2.05, 4.69) is 42.2 Å². The van der Waals surface area contributed by atoms with Crippen LogP contribution >= 0.6 is 31.9 Å². The molecule has 1 aromatic heterocycles. The van der Waals surface area contributed by atoms with Crippen LogP contribution in [0.1, 0.15) is 12.8 Å². The first-order chi connectivity index (χ1) is 7.75. The van der Waals surface area contributed by atoms with E-state index in [0.29, 0.717) is 0 Å². The van der Waals surface area contributed by atoms with Gasteiger partial charge < -0.3 is 10.1 Å². The number of aromatic nitrogens is 1. The minimum absolute atomic E-state index is 0.737. The van der Waals surface area contributed by atoms with Crippen molar-refractivity contribution >= 4 is 37.7 Å². The number of nitrogens with one attached hydrogen (secondary N) is 1. The lowest BCUT2D eigenvalue weighted by atomic mass is 10.4. The van der Waals surface area contributed by atoms with Crippen molar-refractivity contribution in [3.05, 3.63) is 21.2 Å². The second kappa shape index (κ2) is 5.98. The smallest absolute Gasteiger partial charge is 0.140 e. The minimum Gasteiger partial charge on any atom is -0.379 e. The molecule has 0 aromatic carbocycles. The fourth-order valence-corrected chi connectivity index (χ4v) is 2.45. The van der Waals surface area contributed by atoms with Gasteiger partial charge in [0.25, 0.3) is 0 Å².